The highest BCUT2D eigenvalue weighted by molar-refractivity contribution is 5.94. The lowest BCUT2D eigenvalue weighted by atomic mass is 10.1. The maximum atomic E-state index is 11.8. The fraction of sp³-hybridized carbons (Fsp3) is 0.176. The Labute approximate surface area is 129 Å². The fourth-order valence-corrected chi connectivity index (χ4v) is 1.93. The molecule has 0 spiro atoms. The minimum Gasteiger partial charge on any atom is -0.497 e. The predicted molar refractivity (Wildman–Crippen MR) is 84.8 cm³/mol. The molecule has 2 aromatic carbocycles. The van der Waals surface area contributed by atoms with Crippen molar-refractivity contribution in [2.45, 2.75) is 6.42 Å². The average molecular weight is 298 g/mol. The van der Waals surface area contributed by atoms with Crippen LogP contribution < -0.4 is 15.4 Å². The van der Waals surface area contributed by atoms with Gasteiger partial charge in [0.05, 0.1) is 20.1 Å². The van der Waals surface area contributed by atoms with Crippen molar-refractivity contribution in [3.05, 3.63) is 60.2 Å². The normalized spacial score (nSPS) is 9.86. The molecule has 2 aromatic rings. The van der Waals surface area contributed by atoms with Gasteiger partial charge in [-0.2, -0.15) is 0 Å². The largest absolute Gasteiger partial charge is 0.497 e. The third kappa shape index (κ3) is 4.94. The highest BCUT2D eigenvalue weighted by Gasteiger charge is 2.07. The summed E-state index contributed by atoms with van der Waals surface area (Å²) in [4.78, 5) is 23.6. The van der Waals surface area contributed by atoms with E-state index in [2.05, 4.69) is 10.6 Å². The first kappa shape index (κ1) is 15.6. The Morgan fingerprint density at radius 1 is 1.00 bits per heavy atom. The molecule has 5 heteroatoms. The molecular weight excluding hydrogens is 280 g/mol. The number of hydrogen-bond donors (Lipinski definition) is 2. The van der Waals surface area contributed by atoms with E-state index in [1.807, 2.05) is 30.3 Å². The molecule has 0 aliphatic heterocycles. The number of carbonyl (C=O) groups excluding carboxylic acids is 2. The molecule has 0 bridgehead atoms. The number of ether oxygens (including phenoxy) is 1. The zero-order chi connectivity index (χ0) is 15.8. The van der Waals surface area contributed by atoms with Gasteiger partial charge in [0.15, 0.2) is 0 Å². The average Bonchev–Trinajstić information content (AvgIpc) is 2.54. The standard InChI is InChI=1S/C17H18N2O3/c1-22-15-9-5-8-14(11-15)19-17(21)12-18-16(20)10-13-6-3-2-4-7-13/h2-9,11H,10,12H2,1H3,(H,18,20)(H,19,21). The highest BCUT2D eigenvalue weighted by atomic mass is 16.5. The van der Waals surface area contributed by atoms with Crippen molar-refractivity contribution in [2.24, 2.45) is 0 Å². The molecule has 2 rings (SSSR count). The Morgan fingerprint density at radius 2 is 1.77 bits per heavy atom. The topological polar surface area (TPSA) is 67.4 Å². The summed E-state index contributed by atoms with van der Waals surface area (Å²) in [7, 11) is 1.56. The summed E-state index contributed by atoms with van der Waals surface area (Å²) in [5.74, 6) is 0.188. The summed E-state index contributed by atoms with van der Waals surface area (Å²) in [5, 5.41) is 5.30. The van der Waals surface area contributed by atoms with Crippen molar-refractivity contribution in [3.63, 3.8) is 0 Å². The van der Waals surface area contributed by atoms with Crippen LogP contribution in [0.1, 0.15) is 5.56 Å². The molecule has 0 aliphatic rings. The van der Waals surface area contributed by atoms with Crippen LogP contribution in [-0.2, 0) is 16.0 Å². The summed E-state index contributed by atoms with van der Waals surface area (Å²) in [6, 6.07) is 16.4. The lowest BCUT2D eigenvalue weighted by Crippen LogP contribution is -2.33. The lowest BCUT2D eigenvalue weighted by molar-refractivity contribution is -0.123. The number of hydrogen-bond acceptors (Lipinski definition) is 3. The van der Waals surface area contributed by atoms with Gasteiger partial charge < -0.3 is 15.4 Å². The lowest BCUT2D eigenvalue weighted by Gasteiger charge is -2.08. The van der Waals surface area contributed by atoms with Gasteiger partial charge in [-0.1, -0.05) is 36.4 Å². The Morgan fingerprint density at radius 3 is 2.50 bits per heavy atom. The Balaban J connectivity index is 1.78. The van der Waals surface area contributed by atoms with Crippen molar-refractivity contribution in [1.29, 1.82) is 0 Å². The van der Waals surface area contributed by atoms with E-state index >= 15 is 0 Å². The first-order valence-corrected chi connectivity index (χ1v) is 6.92. The van der Waals surface area contributed by atoms with Crippen LogP contribution in [0.4, 0.5) is 5.69 Å². The molecule has 2 N–H and O–H groups in total. The van der Waals surface area contributed by atoms with Crippen molar-refractivity contribution < 1.29 is 14.3 Å². The first-order chi connectivity index (χ1) is 10.7. The van der Waals surface area contributed by atoms with E-state index in [9.17, 15) is 9.59 Å². The van der Waals surface area contributed by atoms with E-state index in [0.29, 0.717) is 11.4 Å². The van der Waals surface area contributed by atoms with Gasteiger partial charge in [0, 0.05) is 11.8 Å². The molecule has 22 heavy (non-hydrogen) atoms. The van der Waals surface area contributed by atoms with Gasteiger partial charge in [-0.3, -0.25) is 9.59 Å². The van der Waals surface area contributed by atoms with Gasteiger partial charge in [-0.15, -0.1) is 0 Å². The minimum atomic E-state index is -0.283. The number of anilines is 1. The molecule has 0 aliphatic carbocycles. The van der Waals surface area contributed by atoms with Gasteiger partial charge in [-0.25, -0.2) is 0 Å². The van der Waals surface area contributed by atoms with Crippen LogP contribution in [-0.4, -0.2) is 25.5 Å². The summed E-state index contributed by atoms with van der Waals surface area (Å²) >= 11 is 0. The fourth-order valence-electron chi connectivity index (χ4n) is 1.93. The molecule has 0 unspecified atom stereocenters. The third-order valence-corrected chi connectivity index (χ3v) is 3.01. The van der Waals surface area contributed by atoms with E-state index in [4.69, 9.17) is 4.74 Å². The summed E-state index contributed by atoms with van der Waals surface area (Å²) in [5.41, 5.74) is 1.54. The molecule has 0 aromatic heterocycles. The van der Waals surface area contributed by atoms with Crippen LogP contribution in [0.2, 0.25) is 0 Å². The van der Waals surface area contributed by atoms with Crippen LogP contribution in [0.15, 0.2) is 54.6 Å². The molecule has 2 amide bonds. The van der Waals surface area contributed by atoms with Gasteiger partial charge in [0.2, 0.25) is 11.8 Å². The molecule has 0 fully saturated rings. The maximum Gasteiger partial charge on any atom is 0.243 e. The molecule has 0 saturated heterocycles. The second-order valence-corrected chi connectivity index (χ2v) is 4.72. The molecule has 0 saturated carbocycles. The number of rotatable bonds is 6. The SMILES string of the molecule is COc1cccc(NC(=O)CNC(=O)Cc2ccccc2)c1. The van der Waals surface area contributed by atoms with Crippen molar-refractivity contribution in [3.8, 4) is 5.75 Å². The van der Waals surface area contributed by atoms with Crippen LogP contribution in [0, 0.1) is 0 Å². The molecule has 0 radical (unpaired) electrons. The summed E-state index contributed by atoms with van der Waals surface area (Å²) in [6.07, 6.45) is 0.257. The Bertz CT molecular complexity index is 641. The Kier molecular flexibility index (Phi) is 5.54. The first-order valence-electron chi connectivity index (χ1n) is 6.92. The monoisotopic (exact) mass is 298 g/mol. The number of methoxy groups -OCH3 is 1. The van der Waals surface area contributed by atoms with Crippen molar-refractivity contribution in [1.82, 2.24) is 5.32 Å². The molecule has 114 valence electrons. The van der Waals surface area contributed by atoms with Crippen molar-refractivity contribution >= 4 is 17.5 Å². The molecule has 5 nitrogen and oxygen atoms in total. The summed E-state index contributed by atoms with van der Waals surface area (Å²) in [6.45, 7) is -0.0666. The number of amides is 2. The van der Waals surface area contributed by atoms with Crippen LogP contribution in [0.5, 0.6) is 5.75 Å². The second kappa shape index (κ2) is 7.83. The van der Waals surface area contributed by atoms with E-state index in [1.165, 1.54) is 0 Å². The smallest absolute Gasteiger partial charge is 0.243 e. The third-order valence-electron chi connectivity index (χ3n) is 3.01. The van der Waals surface area contributed by atoms with Crippen LogP contribution >= 0.6 is 0 Å². The van der Waals surface area contributed by atoms with Gasteiger partial charge >= 0.3 is 0 Å². The number of nitrogens with one attached hydrogen (secondary N) is 2. The van der Waals surface area contributed by atoms with Gasteiger partial charge in [0.1, 0.15) is 5.75 Å². The van der Waals surface area contributed by atoms with Crippen LogP contribution in [0.25, 0.3) is 0 Å². The summed E-state index contributed by atoms with van der Waals surface area (Å²) < 4.78 is 5.08. The highest BCUT2D eigenvalue weighted by Crippen LogP contribution is 2.16. The zero-order valence-electron chi connectivity index (χ0n) is 12.3. The zero-order valence-corrected chi connectivity index (χ0v) is 12.3. The minimum absolute atomic E-state index is 0.0666. The maximum absolute atomic E-state index is 11.8. The number of benzene rings is 2. The Hall–Kier alpha value is -2.82. The van der Waals surface area contributed by atoms with Gasteiger partial charge in [0.25, 0.3) is 0 Å². The van der Waals surface area contributed by atoms with E-state index < -0.39 is 0 Å². The van der Waals surface area contributed by atoms with Gasteiger partial charge in [-0.05, 0) is 17.7 Å². The quantitative estimate of drug-likeness (QED) is 0.857. The molecular formula is C17H18N2O3. The second-order valence-electron chi connectivity index (χ2n) is 4.72. The van der Waals surface area contributed by atoms with Crippen molar-refractivity contribution in [2.75, 3.05) is 19.0 Å². The van der Waals surface area contributed by atoms with E-state index in [0.717, 1.165) is 5.56 Å². The predicted octanol–water partition coefficient (Wildman–Crippen LogP) is 1.99. The number of carbonyl (C=O) groups is 2. The van der Waals surface area contributed by atoms with E-state index in [-0.39, 0.29) is 24.8 Å². The molecule has 0 heterocycles. The van der Waals surface area contributed by atoms with E-state index in [1.54, 1.807) is 31.4 Å². The van der Waals surface area contributed by atoms with Crippen LogP contribution in [0.3, 0.4) is 0 Å². The molecule has 0 atom stereocenters.